The van der Waals surface area contributed by atoms with Crippen molar-refractivity contribution in [2.75, 3.05) is 40.5 Å². The highest BCUT2D eigenvalue weighted by Crippen LogP contribution is 2.49. The molecule has 0 saturated carbocycles. The Labute approximate surface area is 230 Å². The highest BCUT2D eigenvalue weighted by Gasteiger charge is 2.45. The summed E-state index contributed by atoms with van der Waals surface area (Å²) in [5.41, 5.74) is 1.99. The molecular weight excluding hydrogens is 529 g/mol. The number of carbonyl (C=O) groups is 1. The molecule has 1 saturated heterocycles. The number of alkyl halides is 3. The van der Waals surface area contributed by atoms with Crippen molar-refractivity contribution in [3.05, 3.63) is 52.6 Å². The van der Waals surface area contributed by atoms with Crippen LogP contribution >= 0.6 is 0 Å². The van der Waals surface area contributed by atoms with Gasteiger partial charge in [0.2, 0.25) is 0 Å². The van der Waals surface area contributed by atoms with Crippen LogP contribution in [0.4, 0.5) is 13.2 Å². The molecule has 0 radical (unpaired) electrons. The highest BCUT2D eigenvalue weighted by atomic mass is 19.4. The minimum atomic E-state index is -5.13. The van der Waals surface area contributed by atoms with E-state index in [2.05, 4.69) is 16.7 Å². The molecular formula is C28H33F3N4O5. The lowest BCUT2D eigenvalue weighted by Gasteiger charge is -2.43. The van der Waals surface area contributed by atoms with Gasteiger partial charge in [0.25, 0.3) is 0 Å². The fourth-order valence-corrected chi connectivity index (χ4v) is 5.72. The Morgan fingerprint density at radius 1 is 1.23 bits per heavy atom. The van der Waals surface area contributed by atoms with Crippen molar-refractivity contribution in [2.45, 2.75) is 50.1 Å². The summed E-state index contributed by atoms with van der Waals surface area (Å²) in [5.74, 6) is -1.84. The predicted molar refractivity (Wildman–Crippen MR) is 139 cm³/mol. The third-order valence-corrected chi connectivity index (χ3v) is 7.51. The number of carbonyl (C=O) groups excluding carboxylic acids is 1. The van der Waals surface area contributed by atoms with Gasteiger partial charge in [0, 0.05) is 35.8 Å². The molecule has 2 aliphatic heterocycles. The van der Waals surface area contributed by atoms with Crippen molar-refractivity contribution >= 4 is 5.91 Å². The third kappa shape index (κ3) is 5.96. The Hall–Kier alpha value is -3.53. The molecule has 9 nitrogen and oxygen atoms in total. The molecule has 1 fully saturated rings. The average Bonchev–Trinajstić information content (AvgIpc) is 2.94. The molecule has 4 atom stereocenters. The lowest BCUT2D eigenvalue weighted by atomic mass is 9.80. The van der Waals surface area contributed by atoms with Crippen molar-refractivity contribution in [3.63, 3.8) is 0 Å². The molecule has 12 heteroatoms. The van der Waals surface area contributed by atoms with E-state index in [0.29, 0.717) is 48.7 Å². The number of aromatic hydroxyl groups is 1. The summed E-state index contributed by atoms with van der Waals surface area (Å²) in [6.07, 6.45) is -4.87. The first-order valence-corrected chi connectivity index (χ1v) is 13.0. The van der Waals surface area contributed by atoms with Crippen molar-refractivity contribution in [3.8, 4) is 23.3 Å². The summed E-state index contributed by atoms with van der Waals surface area (Å²) in [5, 5.41) is 27.1. The van der Waals surface area contributed by atoms with E-state index < -0.39 is 36.3 Å². The van der Waals surface area contributed by atoms with Gasteiger partial charge >= 0.3 is 12.1 Å². The standard InChI is InChI=1S/C28H33F3N4O5/c1-16-25(38-2)18-14-19(21(15-32)35-9-11-40-12-10-35)33-23(22(18)24(36)26(16)39-3)20(34-27(37)28(29,30)31)13-17-7-5-4-6-8-17/h4-8,19-21,23,33,36H,9-14H2,1-3H3,(H,34,37)/t19-,20?,21?,23+/m0/s1. The van der Waals surface area contributed by atoms with Crippen LogP contribution in [0.1, 0.15) is 28.3 Å². The smallest absolute Gasteiger partial charge is 0.471 e. The van der Waals surface area contributed by atoms with Crippen LogP contribution in [0.3, 0.4) is 0 Å². The first-order chi connectivity index (χ1) is 19.1. The molecule has 0 aliphatic carbocycles. The number of amides is 1. The monoisotopic (exact) mass is 562 g/mol. The number of rotatable bonds is 8. The number of nitrogens with zero attached hydrogens (tertiary/aromatic N) is 2. The number of nitriles is 1. The second kappa shape index (κ2) is 12.3. The lowest BCUT2D eigenvalue weighted by molar-refractivity contribution is -0.174. The summed E-state index contributed by atoms with van der Waals surface area (Å²) in [7, 11) is 2.83. The van der Waals surface area contributed by atoms with Crippen LogP contribution in [0, 0.1) is 18.3 Å². The molecule has 2 unspecified atom stereocenters. The van der Waals surface area contributed by atoms with E-state index in [1.807, 2.05) is 4.90 Å². The van der Waals surface area contributed by atoms with Crippen LogP contribution in [0.15, 0.2) is 30.3 Å². The molecule has 0 spiro atoms. The molecule has 0 aromatic heterocycles. The minimum Gasteiger partial charge on any atom is -0.504 e. The van der Waals surface area contributed by atoms with Crippen LogP contribution in [0.25, 0.3) is 0 Å². The second-order valence-electron chi connectivity index (χ2n) is 9.88. The number of methoxy groups -OCH3 is 2. The highest BCUT2D eigenvalue weighted by molar-refractivity contribution is 5.82. The molecule has 4 rings (SSSR count). The Morgan fingerprint density at radius 2 is 1.88 bits per heavy atom. The van der Waals surface area contributed by atoms with Crippen molar-refractivity contribution < 1.29 is 37.3 Å². The van der Waals surface area contributed by atoms with Crippen LogP contribution in [0.2, 0.25) is 0 Å². The Balaban J connectivity index is 1.88. The summed E-state index contributed by atoms with van der Waals surface area (Å²) < 4.78 is 57.1. The SMILES string of the molecule is COc1c(C)c(OC)c2c(c1O)[C@@H](C(Cc1ccccc1)NC(=O)C(F)(F)F)N[C@H](C(C#N)N1CCOCC1)C2. The van der Waals surface area contributed by atoms with Gasteiger partial charge in [0.05, 0.1) is 45.6 Å². The average molecular weight is 563 g/mol. The number of nitrogens with one attached hydrogen (secondary N) is 2. The maximum absolute atomic E-state index is 13.5. The number of phenols is 1. The first kappa shape index (κ1) is 29.5. The fourth-order valence-electron chi connectivity index (χ4n) is 5.72. The van der Waals surface area contributed by atoms with E-state index in [-0.39, 0.29) is 29.9 Å². The zero-order valence-corrected chi connectivity index (χ0v) is 22.5. The van der Waals surface area contributed by atoms with Gasteiger partial charge in [-0.05, 0) is 25.3 Å². The summed E-state index contributed by atoms with van der Waals surface area (Å²) in [6, 6.07) is 7.70. The number of hydrogen-bond acceptors (Lipinski definition) is 8. The Bertz CT molecular complexity index is 1250. The zero-order valence-electron chi connectivity index (χ0n) is 22.5. The Morgan fingerprint density at radius 3 is 2.45 bits per heavy atom. The molecule has 2 aliphatic rings. The third-order valence-electron chi connectivity index (χ3n) is 7.51. The predicted octanol–water partition coefficient (Wildman–Crippen LogP) is 2.79. The van der Waals surface area contributed by atoms with Crippen molar-refractivity contribution in [1.82, 2.24) is 15.5 Å². The summed E-state index contributed by atoms with van der Waals surface area (Å²) in [4.78, 5) is 14.2. The van der Waals surface area contributed by atoms with E-state index in [0.717, 1.165) is 0 Å². The van der Waals surface area contributed by atoms with E-state index in [1.165, 1.54) is 14.2 Å². The number of halogens is 3. The number of phenolic OH excluding ortho intramolecular Hbond substituents is 1. The minimum absolute atomic E-state index is 0.0131. The number of fused-ring (bicyclic) bond motifs is 1. The van der Waals surface area contributed by atoms with E-state index in [4.69, 9.17) is 14.2 Å². The van der Waals surface area contributed by atoms with Crippen LogP contribution in [0.5, 0.6) is 17.2 Å². The van der Waals surface area contributed by atoms with Gasteiger partial charge < -0.3 is 30.0 Å². The Kier molecular flexibility index (Phi) is 9.08. The molecule has 216 valence electrons. The first-order valence-electron chi connectivity index (χ1n) is 13.0. The normalized spacial score (nSPS) is 21.0. The van der Waals surface area contributed by atoms with Crippen LogP contribution in [-0.4, -0.2) is 80.7 Å². The molecule has 2 aromatic rings. The van der Waals surface area contributed by atoms with Gasteiger partial charge in [-0.2, -0.15) is 18.4 Å². The molecule has 40 heavy (non-hydrogen) atoms. The molecule has 3 N–H and O–H groups in total. The van der Waals surface area contributed by atoms with Crippen molar-refractivity contribution in [1.29, 1.82) is 5.26 Å². The van der Waals surface area contributed by atoms with E-state index >= 15 is 0 Å². The second-order valence-corrected chi connectivity index (χ2v) is 9.88. The summed E-state index contributed by atoms with van der Waals surface area (Å²) >= 11 is 0. The number of morpholine rings is 1. The van der Waals surface area contributed by atoms with Crippen molar-refractivity contribution in [2.24, 2.45) is 0 Å². The van der Waals surface area contributed by atoms with Gasteiger partial charge in [0.1, 0.15) is 11.8 Å². The largest absolute Gasteiger partial charge is 0.504 e. The maximum atomic E-state index is 13.5. The van der Waals surface area contributed by atoms with Crippen LogP contribution < -0.4 is 20.1 Å². The van der Waals surface area contributed by atoms with Gasteiger partial charge in [-0.15, -0.1) is 0 Å². The number of benzene rings is 2. The fraction of sp³-hybridized carbons (Fsp3) is 0.500. The molecule has 1 amide bonds. The molecule has 0 bridgehead atoms. The van der Waals surface area contributed by atoms with Gasteiger partial charge in [-0.3, -0.25) is 9.69 Å². The zero-order chi connectivity index (χ0) is 29.0. The summed E-state index contributed by atoms with van der Waals surface area (Å²) in [6.45, 7) is 3.62. The number of hydrogen-bond donors (Lipinski definition) is 3. The molecule has 2 aromatic carbocycles. The number of ether oxygens (including phenoxy) is 3. The van der Waals surface area contributed by atoms with E-state index in [1.54, 1.807) is 37.3 Å². The molecule has 2 heterocycles. The topological polar surface area (TPSA) is 116 Å². The quantitative estimate of drug-likeness (QED) is 0.450. The lowest BCUT2D eigenvalue weighted by Crippen LogP contribution is -2.59. The van der Waals surface area contributed by atoms with Crippen LogP contribution in [-0.2, 0) is 22.4 Å². The van der Waals surface area contributed by atoms with Gasteiger partial charge in [0.15, 0.2) is 11.5 Å². The van der Waals surface area contributed by atoms with Gasteiger partial charge in [-0.25, -0.2) is 0 Å². The van der Waals surface area contributed by atoms with Gasteiger partial charge in [-0.1, -0.05) is 30.3 Å². The van der Waals surface area contributed by atoms with E-state index in [9.17, 15) is 28.3 Å². The maximum Gasteiger partial charge on any atom is 0.471 e.